The predicted octanol–water partition coefficient (Wildman–Crippen LogP) is 5.92. The summed E-state index contributed by atoms with van der Waals surface area (Å²) < 4.78 is 16.5. The van der Waals surface area contributed by atoms with Crippen LogP contribution in [0.1, 0.15) is 79.8 Å². The Labute approximate surface area is 243 Å². The van der Waals surface area contributed by atoms with Crippen molar-refractivity contribution >= 4 is 5.97 Å². The second-order valence-electron chi connectivity index (χ2n) is 12.4. The molecule has 0 radical (unpaired) electrons. The third kappa shape index (κ3) is 6.26. The molecule has 3 aromatic rings. The maximum atomic E-state index is 14.3. The van der Waals surface area contributed by atoms with E-state index in [0.29, 0.717) is 11.8 Å². The fourth-order valence-corrected chi connectivity index (χ4v) is 7.91. The molecular formula is C34H43FN4O2. The van der Waals surface area contributed by atoms with Gasteiger partial charge in [0.2, 0.25) is 0 Å². The third-order valence-electron chi connectivity index (χ3n) is 9.88. The zero-order valence-corrected chi connectivity index (χ0v) is 24.2. The van der Waals surface area contributed by atoms with Crippen LogP contribution in [0.4, 0.5) is 4.39 Å². The van der Waals surface area contributed by atoms with Crippen LogP contribution >= 0.6 is 0 Å². The van der Waals surface area contributed by atoms with E-state index in [1.807, 2.05) is 6.07 Å². The quantitative estimate of drug-likeness (QED) is 0.353. The van der Waals surface area contributed by atoms with Crippen molar-refractivity contribution in [2.24, 2.45) is 5.92 Å². The van der Waals surface area contributed by atoms with E-state index in [2.05, 4.69) is 63.9 Å². The van der Waals surface area contributed by atoms with Crippen LogP contribution in [0.2, 0.25) is 0 Å². The molecule has 0 amide bonds. The van der Waals surface area contributed by atoms with E-state index in [-0.39, 0.29) is 23.8 Å². The molecule has 3 fully saturated rings. The molecule has 2 aromatic carbocycles. The Morgan fingerprint density at radius 2 is 1.80 bits per heavy atom. The lowest BCUT2D eigenvalue weighted by Gasteiger charge is -2.35. The average Bonchev–Trinajstić information content (AvgIpc) is 3.72. The third-order valence-corrected chi connectivity index (χ3v) is 9.88. The number of aromatic nitrogens is 2. The van der Waals surface area contributed by atoms with Gasteiger partial charge in [-0.1, -0.05) is 42.5 Å². The molecule has 1 N–H and O–H groups in total. The summed E-state index contributed by atoms with van der Waals surface area (Å²) in [6.45, 7) is 7.00. The molecule has 41 heavy (non-hydrogen) atoms. The van der Waals surface area contributed by atoms with Crippen LogP contribution in [-0.4, -0.2) is 68.9 Å². The van der Waals surface area contributed by atoms with Crippen molar-refractivity contribution in [1.29, 1.82) is 0 Å². The number of likely N-dealkylation sites (tertiary alicyclic amines) is 2. The first-order valence-electron chi connectivity index (χ1n) is 15.6. The highest BCUT2D eigenvalue weighted by Crippen LogP contribution is 2.44. The molecule has 6 nitrogen and oxygen atoms in total. The van der Waals surface area contributed by atoms with Crippen molar-refractivity contribution in [2.75, 3.05) is 26.2 Å². The molecule has 3 aliphatic rings. The first-order valence-corrected chi connectivity index (χ1v) is 15.6. The Kier molecular flexibility index (Phi) is 8.54. The summed E-state index contributed by atoms with van der Waals surface area (Å²) >= 11 is 0. The molecule has 1 saturated carbocycles. The van der Waals surface area contributed by atoms with E-state index in [4.69, 9.17) is 5.10 Å². The van der Waals surface area contributed by atoms with Gasteiger partial charge in [0.25, 0.3) is 0 Å². The number of nitrogens with zero attached hydrogens (tertiary/aromatic N) is 4. The van der Waals surface area contributed by atoms with Crippen LogP contribution in [0.3, 0.4) is 0 Å². The number of piperidine rings is 1. The van der Waals surface area contributed by atoms with Gasteiger partial charge in [0.05, 0.1) is 5.69 Å². The fraction of sp³-hybridized carbons (Fsp3) is 0.529. The lowest BCUT2D eigenvalue weighted by atomic mass is 9.87. The van der Waals surface area contributed by atoms with Crippen molar-refractivity contribution in [2.45, 2.75) is 82.3 Å². The number of hydrogen-bond donors (Lipinski definition) is 1. The number of aryl methyl sites for hydroxylation is 1. The molecule has 4 atom stereocenters. The van der Waals surface area contributed by atoms with Gasteiger partial charge in [-0.25, -0.2) is 4.39 Å². The van der Waals surface area contributed by atoms with Crippen molar-refractivity contribution in [1.82, 2.24) is 19.6 Å². The summed E-state index contributed by atoms with van der Waals surface area (Å²) in [4.78, 5) is 16.8. The van der Waals surface area contributed by atoms with Crippen LogP contribution in [0.5, 0.6) is 0 Å². The van der Waals surface area contributed by atoms with Crippen molar-refractivity contribution in [3.8, 4) is 0 Å². The Bertz CT molecular complexity index is 1320. The molecule has 2 saturated heterocycles. The number of carboxylic acid groups (broad SMARTS) is 1. The van der Waals surface area contributed by atoms with Gasteiger partial charge in [0.15, 0.2) is 0 Å². The molecule has 0 spiro atoms. The monoisotopic (exact) mass is 558 g/mol. The van der Waals surface area contributed by atoms with Crippen LogP contribution in [0.25, 0.3) is 0 Å². The van der Waals surface area contributed by atoms with Gasteiger partial charge in [-0.05, 0) is 106 Å². The maximum absolute atomic E-state index is 14.3. The molecule has 1 aromatic heterocycles. The Morgan fingerprint density at radius 3 is 2.54 bits per heavy atom. The minimum Gasteiger partial charge on any atom is -0.480 e. The number of rotatable bonds is 9. The minimum atomic E-state index is -0.700. The van der Waals surface area contributed by atoms with E-state index >= 15 is 0 Å². The van der Waals surface area contributed by atoms with Gasteiger partial charge in [-0.2, -0.15) is 5.10 Å². The van der Waals surface area contributed by atoms with Crippen molar-refractivity contribution < 1.29 is 14.3 Å². The first-order chi connectivity index (χ1) is 20.0. The summed E-state index contributed by atoms with van der Waals surface area (Å²) in [6, 6.07) is 19.9. The summed E-state index contributed by atoms with van der Waals surface area (Å²) in [6.07, 6.45) is 6.66. The van der Waals surface area contributed by atoms with E-state index in [1.165, 1.54) is 17.3 Å². The lowest BCUT2D eigenvalue weighted by Crippen LogP contribution is -2.42. The van der Waals surface area contributed by atoms with Crippen molar-refractivity contribution in [3.05, 3.63) is 89.0 Å². The lowest BCUT2D eigenvalue weighted by molar-refractivity contribution is -0.142. The summed E-state index contributed by atoms with van der Waals surface area (Å²) in [5.41, 5.74) is 4.87. The highest BCUT2D eigenvalue weighted by molar-refractivity contribution is 5.73. The number of aliphatic carboxylic acids is 1. The fourth-order valence-electron chi connectivity index (χ4n) is 7.91. The maximum Gasteiger partial charge on any atom is 0.320 e. The SMILES string of the molecule is CCn1nc(Cc2ccccc2)cc1C1CCN(C[C@H]2CC(N3CCCC3C(=O)O)C[C@@H]2c2cccc(F)c2)CC1. The number of hydrogen-bond acceptors (Lipinski definition) is 4. The Hall–Kier alpha value is -3.03. The molecule has 1 aliphatic carbocycles. The van der Waals surface area contributed by atoms with E-state index in [9.17, 15) is 14.3 Å². The van der Waals surface area contributed by atoms with Crippen LogP contribution < -0.4 is 0 Å². The van der Waals surface area contributed by atoms with Gasteiger partial charge in [0.1, 0.15) is 11.9 Å². The molecule has 6 rings (SSSR count). The van der Waals surface area contributed by atoms with Crippen LogP contribution in [-0.2, 0) is 17.8 Å². The highest BCUT2D eigenvalue weighted by Gasteiger charge is 2.44. The van der Waals surface area contributed by atoms with E-state index in [0.717, 1.165) is 88.9 Å². The molecule has 7 heteroatoms. The topological polar surface area (TPSA) is 61.6 Å². The van der Waals surface area contributed by atoms with Gasteiger partial charge in [-0.15, -0.1) is 0 Å². The normalized spacial score (nSPS) is 26.1. The van der Waals surface area contributed by atoms with Gasteiger partial charge in [0, 0.05) is 37.2 Å². The largest absolute Gasteiger partial charge is 0.480 e. The minimum absolute atomic E-state index is 0.186. The summed E-state index contributed by atoms with van der Waals surface area (Å²) in [5, 5.41) is 14.8. The van der Waals surface area contributed by atoms with Crippen LogP contribution in [0.15, 0.2) is 60.7 Å². The van der Waals surface area contributed by atoms with E-state index in [1.54, 1.807) is 6.07 Å². The standard InChI is InChI=1S/C34H43FN4O2/c1-2-39-33(21-29(36-39)18-24-8-4-3-5-9-24)25-13-16-37(17-14-25)23-27-20-30(38-15-7-12-32(38)34(40)41)22-31(27)26-10-6-11-28(35)19-26/h3-6,8-11,19,21,25,27,30-32H,2,7,12-18,20,22-23H2,1H3,(H,40,41)/t27-,30?,31-,32?/m1/s1. The number of carbonyl (C=O) groups is 1. The summed E-state index contributed by atoms with van der Waals surface area (Å²) in [5.74, 6) is 0.278. The van der Waals surface area contributed by atoms with Crippen molar-refractivity contribution in [3.63, 3.8) is 0 Å². The number of benzene rings is 2. The highest BCUT2D eigenvalue weighted by atomic mass is 19.1. The Morgan fingerprint density at radius 1 is 1.00 bits per heavy atom. The smallest absolute Gasteiger partial charge is 0.320 e. The predicted molar refractivity (Wildman–Crippen MR) is 159 cm³/mol. The first kappa shape index (κ1) is 28.1. The van der Waals surface area contributed by atoms with Gasteiger partial charge in [-0.3, -0.25) is 14.4 Å². The molecule has 218 valence electrons. The van der Waals surface area contributed by atoms with E-state index < -0.39 is 5.97 Å². The molecule has 2 aliphatic heterocycles. The second kappa shape index (κ2) is 12.5. The summed E-state index contributed by atoms with van der Waals surface area (Å²) in [7, 11) is 0. The number of carboxylic acids is 1. The molecule has 3 heterocycles. The second-order valence-corrected chi connectivity index (χ2v) is 12.4. The zero-order chi connectivity index (χ0) is 28.3. The van der Waals surface area contributed by atoms with Crippen LogP contribution in [0, 0.1) is 11.7 Å². The molecule has 2 unspecified atom stereocenters. The molecule has 0 bridgehead atoms. The molecular weight excluding hydrogens is 515 g/mol. The Balaban J connectivity index is 1.12. The van der Waals surface area contributed by atoms with Gasteiger partial charge < -0.3 is 10.0 Å². The van der Waals surface area contributed by atoms with Gasteiger partial charge >= 0.3 is 5.97 Å². The average molecular weight is 559 g/mol. The zero-order valence-electron chi connectivity index (χ0n) is 24.2. The number of halogens is 1.